The molecule has 1 amide bonds. The Bertz CT molecular complexity index is 455. The van der Waals surface area contributed by atoms with Gasteiger partial charge in [0.1, 0.15) is 0 Å². The van der Waals surface area contributed by atoms with E-state index in [1.807, 2.05) is 0 Å². The molecule has 1 aromatic rings. The van der Waals surface area contributed by atoms with Gasteiger partial charge in [0.2, 0.25) is 5.91 Å². The maximum Gasteiger partial charge on any atom is 0.220 e. The van der Waals surface area contributed by atoms with Gasteiger partial charge in [-0.1, -0.05) is 34.8 Å². The Labute approximate surface area is 121 Å². The molecule has 1 atom stereocenters. The molecule has 1 saturated heterocycles. The van der Waals surface area contributed by atoms with Gasteiger partial charge in [0, 0.05) is 36.1 Å². The van der Waals surface area contributed by atoms with Crippen LogP contribution >= 0.6 is 34.8 Å². The summed E-state index contributed by atoms with van der Waals surface area (Å²) >= 11 is 18.2. The number of carbonyl (C=O) groups is 1. The summed E-state index contributed by atoms with van der Waals surface area (Å²) in [6, 6.07) is 3.65. The predicted molar refractivity (Wildman–Crippen MR) is 74.3 cm³/mol. The summed E-state index contributed by atoms with van der Waals surface area (Å²) in [5.74, 6) is 0.104. The van der Waals surface area contributed by atoms with Crippen LogP contribution in [0.3, 0.4) is 0 Å². The van der Waals surface area contributed by atoms with Crippen LogP contribution < -0.4 is 10.6 Å². The lowest BCUT2D eigenvalue weighted by atomic mass is 10.1. The van der Waals surface area contributed by atoms with Crippen molar-refractivity contribution in [3.05, 3.63) is 32.8 Å². The highest BCUT2D eigenvalue weighted by Crippen LogP contribution is 2.31. The molecule has 1 aliphatic heterocycles. The molecular weight excluding hydrogens is 295 g/mol. The van der Waals surface area contributed by atoms with E-state index in [2.05, 4.69) is 10.6 Å². The molecule has 1 aromatic carbocycles. The zero-order valence-electron chi connectivity index (χ0n) is 9.60. The minimum Gasteiger partial charge on any atom is -0.355 e. The molecule has 1 fully saturated rings. The average molecular weight is 308 g/mol. The molecule has 0 spiro atoms. The second-order valence-electron chi connectivity index (χ2n) is 4.24. The maximum absolute atomic E-state index is 11.0. The summed E-state index contributed by atoms with van der Waals surface area (Å²) < 4.78 is 0. The third-order valence-electron chi connectivity index (χ3n) is 2.97. The standard InChI is InChI=1S/C12H13Cl3N2O/c13-9-2-3-10(14)12(15)8(9)6-16-7-1-4-11(18)17-5-7/h2-3,7,16H,1,4-6H2,(H,17,18). The van der Waals surface area contributed by atoms with Crippen molar-refractivity contribution in [2.24, 2.45) is 0 Å². The lowest BCUT2D eigenvalue weighted by Gasteiger charge is -2.24. The Balaban J connectivity index is 1.98. The van der Waals surface area contributed by atoms with Crippen LogP contribution in [0.15, 0.2) is 12.1 Å². The number of halogens is 3. The first kappa shape index (κ1) is 13.9. The van der Waals surface area contributed by atoms with Gasteiger partial charge in [-0.05, 0) is 18.6 Å². The van der Waals surface area contributed by atoms with Crippen LogP contribution in [0.1, 0.15) is 18.4 Å². The summed E-state index contributed by atoms with van der Waals surface area (Å²) in [5.41, 5.74) is 0.794. The van der Waals surface area contributed by atoms with Gasteiger partial charge in [-0.15, -0.1) is 0 Å². The third-order valence-corrected chi connectivity index (χ3v) is 4.17. The fraction of sp³-hybridized carbons (Fsp3) is 0.417. The van der Waals surface area contributed by atoms with Crippen molar-refractivity contribution < 1.29 is 4.79 Å². The summed E-state index contributed by atoms with van der Waals surface area (Å²) in [7, 11) is 0. The quantitative estimate of drug-likeness (QED) is 0.843. The van der Waals surface area contributed by atoms with Crippen molar-refractivity contribution in [3.63, 3.8) is 0 Å². The van der Waals surface area contributed by atoms with E-state index in [-0.39, 0.29) is 11.9 Å². The number of hydrogen-bond donors (Lipinski definition) is 2. The monoisotopic (exact) mass is 306 g/mol. The molecule has 0 bridgehead atoms. The summed E-state index contributed by atoms with van der Waals surface area (Å²) in [6.45, 7) is 1.17. The van der Waals surface area contributed by atoms with Gasteiger partial charge in [0.25, 0.3) is 0 Å². The summed E-state index contributed by atoms with van der Waals surface area (Å²) in [5, 5.41) is 7.71. The summed E-state index contributed by atoms with van der Waals surface area (Å²) in [6.07, 6.45) is 1.37. The van der Waals surface area contributed by atoms with Crippen molar-refractivity contribution in [1.82, 2.24) is 10.6 Å². The molecule has 18 heavy (non-hydrogen) atoms. The third kappa shape index (κ3) is 3.29. The molecule has 0 saturated carbocycles. The highest BCUT2D eigenvalue weighted by molar-refractivity contribution is 6.44. The minimum atomic E-state index is 0.104. The van der Waals surface area contributed by atoms with Gasteiger partial charge in [-0.2, -0.15) is 0 Å². The van der Waals surface area contributed by atoms with Crippen LogP contribution in [0.2, 0.25) is 15.1 Å². The van der Waals surface area contributed by atoms with Crippen molar-refractivity contribution in [2.45, 2.75) is 25.4 Å². The fourth-order valence-corrected chi connectivity index (χ4v) is 2.57. The number of carbonyl (C=O) groups excluding carboxylic acids is 1. The predicted octanol–water partition coefficient (Wildman–Crippen LogP) is 3.02. The smallest absolute Gasteiger partial charge is 0.220 e. The minimum absolute atomic E-state index is 0.104. The molecule has 2 N–H and O–H groups in total. The van der Waals surface area contributed by atoms with E-state index in [1.165, 1.54) is 0 Å². The van der Waals surface area contributed by atoms with Crippen molar-refractivity contribution in [1.29, 1.82) is 0 Å². The SMILES string of the molecule is O=C1CCC(NCc2c(Cl)ccc(Cl)c2Cl)CN1. The molecule has 1 heterocycles. The van der Waals surface area contributed by atoms with Gasteiger partial charge in [-0.3, -0.25) is 4.79 Å². The molecule has 2 rings (SSSR count). The van der Waals surface area contributed by atoms with Gasteiger partial charge < -0.3 is 10.6 Å². The van der Waals surface area contributed by atoms with E-state index >= 15 is 0 Å². The first-order valence-electron chi connectivity index (χ1n) is 5.70. The van der Waals surface area contributed by atoms with E-state index in [9.17, 15) is 4.79 Å². The Hall–Kier alpha value is -0.480. The number of piperidine rings is 1. The van der Waals surface area contributed by atoms with Crippen LogP contribution in [-0.2, 0) is 11.3 Å². The highest BCUT2D eigenvalue weighted by Gasteiger charge is 2.18. The lowest BCUT2D eigenvalue weighted by Crippen LogP contribution is -2.45. The fourth-order valence-electron chi connectivity index (χ4n) is 1.88. The number of nitrogens with one attached hydrogen (secondary N) is 2. The van der Waals surface area contributed by atoms with E-state index in [0.29, 0.717) is 34.6 Å². The van der Waals surface area contributed by atoms with Gasteiger partial charge in [0.15, 0.2) is 0 Å². The number of benzene rings is 1. The van der Waals surface area contributed by atoms with Crippen LogP contribution in [0.25, 0.3) is 0 Å². The van der Waals surface area contributed by atoms with Crippen LogP contribution in [0.4, 0.5) is 0 Å². The molecular formula is C12H13Cl3N2O. The van der Waals surface area contributed by atoms with Crippen LogP contribution in [0.5, 0.6) is 0 Å². The van der Waals surface area contributed by atoms with E-state index in [0.717, 1.165) is 12.0 Å². The summed E-state index contributed by atoms with van der Waals surface area (Å²) in [4.78, 5) is 11.0. The lowest BCUT2D eigenvalue weighted by molar-refractivity contribution is -0.122. The molecule has 6 heteroatoms. The Morgan fingerprint density at radius 1 is 1.28 bits per heavy atom. The van der Waals surface area contributed by atoms with Crippen LogP contribution in [0, 0.1) is 0 Å². The molecule has 0 aromatic heterocycles. The molecule has 1 aliphatic rings. The topological polar surface area (TPSA) is 41.1 Å². The first-order valence-corrected chi connectivity index (χ1v) is 6.84. The van der Waals surface area contributed by atoms with E-state index in [1.54, 1.807) is 12.1 Å². The molecule has 98 valence electrons. The van der Waals surface area contributed by atoms with Gasteiger partial charge >= 0.3 is 0 Å². The molecule has 0 aliphatic carbocycles. The van der Waals surface area contributed by atoms with Crippen molar-refractivity contribution in [2.75, 3.05) is 6.54 Å². The first-order chi connectivity index (χ1) is 8.58. The average Bonchev–Trinajstić information content (AvgIpc) is 2.36. The second kappa shape index (κ2) is 6.11. The highest BCUT2D eigenvalue weighted by atomic mass is 35.5. The Morgan fingerprint density at radius 3 is 2.67 bits per heavy atom. The zero-order valence-corrected chi connectivity index (χ0v) is 11.9. The number of rotatable bonds is 3. The van der Waals surface area contributed by atoms with Crippen molar-refractivity contribution in [3.8, 4) is 0 Å². The number of hydrogen-bond acceptors (Lipinski definition) is 2. The Morgan fingerprint density at radius 2 is 2.00 bits per heavy atom. The second-order valence-corrected chi connectivity index (χ2v) is 5.43. The molecule has 1 unspecified atom stereocenters. The van der Waals surface area contributed by atoms with Crippen LogP contribution in [-0.4, -0.2) is 18.5 Å². The van der Waals surface area contributed by atoms with Gasteiger partial charge in [-0.25, -0.2) is 0 Å². The van der Waals surface area contributed by atoms with E-state index in [4.69, 9.17) is 34.8 Å². The normalized spacial score (nSPS) is 19.7. The molecule has 0 radical (unpaired) electrons. The van der Waals surface area contributed by atoms with E-state index < -0.39 is 0 Å². The molecule has 3 nitrogen and oxygen atoms in total. The van der Waals surface area contributed by atoms with Gasteiger partial charge in [0.05, 0.1) is 10.0 Å². The maximum atomic E-state index is 11.0. The number of amides is 1. The zero-order chi connectivity index (χ0) is 13.1. The largest absolute Gasteiger partial charge is 0.355 e. The Kier molecular flexibility index (Phi) is 4.73. The van der Waals surface area contributed by atoms with Crippen molar-refractivity contribution >= 4 is 40.7 Å².